The Morgan fingerprint density at radius 3 is 2.22 bits per heavy atom. The minimum atomic E-state index is -4.39. The fraction of sp³-hybridized carbons (Fsp3) is 0.333. The molecule has 0 aliphatic heterocycles. The highest BCUT2D eigenvalue weighted by Gasteiger charge is 2.53. The maximum absolute atomic E-state index is 13.4. The third-order valence-corrected chi connectivity index (χ3v) is 7.31. The Kier molecular flexibility index (Phi) is 6.82. The zero-order valence-electron chi connectivity index (χ0n) is 17.0. The summed E-state index contributed by atoms with van der Waals surface area (Å²) in [7, 11) is -4.39. The molecule has 0 spiro atoms. The summed E-state index contributed by atoms with van der Waals surface area (Å²) in [4.78, 5) is 22.7. The van der Waals surface area contributed by atoms with Crippen LogP contribution in [0.1, 0.15) is 25.7 Å². The van der Waals surface area contributed by atoms with Crippen molar-refractivity contribution >= 4 is 21.9 Å². The summed E-state index contributed by atoms with van der Waals surface area (Å²) in [6, 6.07) is 10.5. The van der Waals surface area contributed by atoms with Gasteiger partial charge in [0.25, 0.3) is 0 Å². The second-order valence-corrected chi connectivity index (χ2v) is 9.34. The lowest BCUT2D eigenvalue weighted by atomic mass is 9.98. The Labute approximate surface area is 184 Å². The average Bonchev–Trinajstić information content (AvgIpc) is 3.12. The number of carboxylic acids is 1. The van der Waals surface area contributed by atoms with Gasteiger partial charge >= 0.3 is 5.97 Å². The van der Waals surface area contributed by atoms with Crippen LogP contribution in [0.3, 0.4) is 0 Å². The minimum Gasteiger partial charge on any atom is -0.481 e. The van der Waals surface area contributed by atoms with E-state index < -0.39 is 52.3 Å². The van der Waals surface area contributed by atoms with Crippen molar-refractivity contribution in [2.75, 3.05) is 6.54 Å². The van der Waals surface area contributed by atoms with Crippen LogP contribution < -0.4 is 10.5 Å². The third-order valence-electron chi connectivity index (χ3n) is 5.36. The zero-order chi connectivity index (χ0) is 23.5. The lowest BCUT2D eigenvalue weighted by Gasteiger charge is -2.38. The predicted molar refractivity (Wildman–Crippen MR) is 111 cm³/mol. The van der Waals surface area contributed by atoms with E-state index in [1.165, 1.54) is 48.5 Å². The van der Waals surface area contributed by atoms with Crippen LogP contribution >= 0.6 is 0 Å². The summed E-state index contributed by atoms with van der Waals surface area (Å²) >= 11 is 0. The predicted octanol–water partition coefficient (Wildman–Crippen LogP) is 2.06. The van der Waals surface area contributed by atoms with Crippen LogP contribution in [0.15, 0.2) is 53.4 Å². The van der Waals surface area contributed by atoms with E-state index in [1.807, 2.05) is 0 Å². The Morgan fingerprint density at radius 1 is 1.12 bits per heavy atom. The van der Waals surface area contributed by atoms with Crippen molar-refractivity contribution in [3.63, 3.8) is 0 Å². The van der Waals surface area contributed by atoms with E-state index in [0.717, 1.165) is 0 Å². The van der Waals surface area contributed by atoms with Gasteiger partial charge in [-0.1, -0.05) is 0 Å². The number of halogens is 1. The number of primary amides is 1. The van der Waals surface area contributed by atoms with Gasteiger partial charge in [0.15, 0.2) is 0 Å². The molecular weight excluding hydrogens is 443 g/mol. The SMILES string of the molecule is NC(=O)C1CCCC1(O)N(CCC(=O)O)S(=O)(=O)c1ccc(Oc2ccc(F)cc2)cc1. The fourth-order valence-corrected chi connectivity index (χ4v) is 5.51. The monoisotopic (exact) mass is 466 g/mol. The number of sulfonamides is 1. The van der Waals surface area contributed by atoms with Crippen LogP contribution in [0.2, 0.25) is 0 Å². The van der Waals surface area contributed by atoms with Crippen molar-refractivity contribution in [3.8, 4) is 11.5 Å². The number of aliphatic hydroxyl groups is 1. The molecule has 4 N–H and O–H groups in total. The first-order valence-corrected chi connectivity index (χ1v) is 11.3. The molecule has 32 heavy (non-hydrogen) atoms. The number of nitrogens with two attached hydrogens (primary N) is 1. The Hall–Kier alpha value is -3.02. The van der Waals surface area contributed by atoms with Gasteiger partial charge < -0.3 is 20.7 Å². The normalized spacial score (nSPS) is 20.9. The van der Waals surface area contributed by atoms with E-state index in [9.17, 15) is 27.5 Å². The van der Waals surface area contributed by atoms with Crippen molar-refractivity contribution in [1.82, 2.24) is 4.31 Å². The van der Waals surface area contributed by atoms with E-state index in [-0.39, 0.29) is 23.5 Å². The molecule has 1 saturated carbocycles. The van der Waals surface area contributed by atoms with E-state index in [1.54, 1.807) is 0 Å². The van der Waals surface area contributed by atoms with Crippen LogP contribution in [0.5, 0.6) is 11.5 Å². The lowest BCUT2D eigenvalue weighted by Crippen LogP contribution is -2.57. The van der Waals surface area contributed by atoms with Crippen molar-refractivity contribution in [2.24, 2.45) is 11.7 Å². The molecule has 2 unspecified atom stereocenters. The number of carbonyl (C=O) groups is 2. The summed E-state index contributed by atoms with van der Waals surface area (Å²) in [6.45, 7) is -0.536. The second-order valence-electron chi connectivity index (χ2n) is 7.47. The van der Waals surface area contributed by atoms with Crippen molar-refractivity contribution in [2.45, 2.75) is 36.3 Å². The number of ether oxygens (including phenoxy) is 1. The molecule has 11 heteroatoms. The van der Waals surface area contributed by atoms with Gasteiger partial charge in [0.1, 0.15) is 23.0 Å². The standard InChI is InChI=1S/C21H23FN2O7S/c22-14-3-5-15(6-4-14)31-16-7-9-17(10-8-16)32(29,30)24(13-11-19(25)26)21(28)12-1-2-18(21)20(23)27/h3-10,18,28H,1-2,11-13H2,(H2,23,27)(H,25,26). The molecular formula is C21H23FN2O7S. The maximum atomic E-state index is 13.4. The molecule has 2 aromatic carbocycles. The summed E-state index contributed by atoms with van der Waals surface area (Å²) in [5.41, 5.74) is 3.25. The number of carboxylic acid groups (broad SMARTS) is 1. The van der Waals surface area contributed by atoms with Gasteiger partial charge in [-0.15, -0.1) is 0 Å². The highest BCUT2D eigenvalue weighted by atomic mass is 32.2. The number of benzene rings is 2. The first-order chi connectivity index (χ1) is 15.0. The van der Waals surface area contributed by atoms with Crippen molar-refractivity contribution < 1.29 is 37.3 Å². The van der Waals surface area contributed by atoms with E-state index in [4.69, 9.17) is 15.6 Å². The van der Waals surface area contributed by atoms with Crippen LogP contribution in [0.4, 0.5) is 4.39 Å². The van der Waals surface area contributed by atoms with Crippen LogP contribution in [0, 0.1) is 11.7 Å². The van der Waals surface area contributed by atoms with Crippen LogP contribution in [0.25, 0.3) is 0 Å². The van der Waals surface area contributed by atoms with Gasteiger partial charge in [-0.3, -0.25) is 9.59 Å². The second kappa shape index (κ2) is 9.23. The third kappa shape index (κ3) is 4.90. The number of hydrogen-bond acceptors (Lipinski definition) is 6. The summed E-state index contributed by atoms with van der Waals surface area (Å²) < 4.78 is 45.9. The molecule has 0 bridgehead atoms. The molecule has 1 amide bonds. The largest absolute Gasteiger partial charge is 0.481 e. The fourth-order valence-electron chi connectivity index (χ4n) is 3.81. The smallest absolute Gasteiger partial charge is 0.304 e. The topological polar surface area (TPSA) is 147 Å². The highest BCUT2D eigenvalue weighted by Crippen LogP contribution is 2.41. The molecule has 2 atom stereocenters. The van der Waals surface area contributed by atoms with Gasteiger partial charge in [-0.25, -0.2) is 12.8 Å². The van der Waals surface area contributed by atoms with E-state index in [0.29, 0.717) is 16.5 Å². The van der Waals surface area contributed by atoms with Crippen LogP contribution in [-0.2, 0) is 19.6 Å². The molecule has 0 radical (unpaired) electrons. The van der Waals surface area contributed by atoms with Gasteiger partial charge in [-0.05, 0) is 67.8 Å². The summed E-state index contributed by atoms with van der Waals surface area (Å²) in [5.74, 6) is -3.09. The molecule has 3 rings (SSSR count). The first kappa shape index (κ1) is 23.6. The molecule has 172 valence electrons. The van der Waals surface area contributed by atoms with E-state index in [2.05, 4.69) is 0 Å². The molecule has 1 aliphatic carbocycles. The van der Waals surface area contributed by atoms with Gasteiger partial charge in [0.2, 0.25) is 15.9 Å². The summed E-state index contributed by atoms with van der Waals surface area (Å²) in [6.07, 6.45) is -0.0764. The number of amides is 1. The molecule has 0 aromatic heterocycles. The van der Waals surface area contributed by atoms with Gasteiger partial charge in [0.05, 0.1) is 17.2 Å². The zero-order valence-corrected chi connectivity index (χ0v) is 17.8. The molecule has 1 fully saturated rings. The molecule has 0 saturated heterocycles. The van der Waals surface area contributed by atoms with Crippen molar-refractivity contribution in [1.29, 1.82) is 0 Å². The Balaban J connectivity index is 1.91. The number of aliphatic carboxylic acids is 1. The minimum absolute atomic E-state index is 0.0504. The number of nitrogens with zero attached hydrogens (tertiary/aromatic N) is 1. The average molecular weight is 466 g/mol. The van der Waals surface area contributed by atoms with Gasteiger partial charge in [-0.2, -0.15) is 4.31 Å². The quantitative estimate of drug-likeness (QED) is 0.479. The number of hydrogen-bond donors (Lipinski definition) is 3. The Bertz CT molecular complexity index is 1090. The summed E-state index contributed by atoms with van der Waals surface area (Å²) in [5, 5.41) is 20.2. The molecule has 1 aliphatic rings. The van der Waals surface area contributed by atoms with E-state index >= 15 is 0 Å². The van der Waals surface area contributed by atoms with Gasteiger partial charge in [0, 0.05) is 6.54 Å². The molecule has 9 nitrogen and oxygen atoms in total. The first-order valence-electron chi connectivity index (χ1n) is 9.84. The maximum Gasteiger partial charge on any atom is 0.304 e. The lowest BCUT2D eigenvalue weighted by molar-refractivity contribution is -0.143. The molecule has 0 heterocycles. The van der Waals surface area contributed by atoms with Crippen LogP contribution in [-0.4, -0.2) is 47.1 Å². The number of rotatable bonds is 9. The number of carbonyl (C=O) groups excluding carboxylic acids is 1. The molecule has 2 aromatic rings. The van der Waals surface area contributed by atoms with Crippen molar-refractivity contribution in [3.05, 3.63) is 54.3 Å². The Morgan fingerprint density at radius 2 is 1.69 bits per heavy atom. The highest BCUT2D eigenvalue weighted by molar-refractivity contribution is 7.89.